The number of aryl methyl sites for hydroxylation is 1. The Morgan fingerprint density at radius 1 is 1.20 bits per heavy atom. The average Bonchev–Trinajstić information content (AvgIpc) is 3.26. The second-order valence-electron chi connectivity index (χ2n) is 6.68. The molecule has 2 aromatic rings. The van der Waals surface area contributed by atoms with E-state index in [1.165, 1.54) is 19.2 Å². The quantitative estimate of drug-likeness (QED) is 0.857. The van der Waals surface area contributed by atoms with E-state index in [9.17, 15) is 12.8 Å². The number of hydrogen-bond donors (Lipinski definition) is 1. The second-order valence-corrected chi connectivity index (χ2v) is 8.75. The Balaban J connectivity index is 2.07. The zero-order chi connectivity index (χ0) is 18.2. The van der Waals surface area contributed by atoms with Crippen molar-refractivity contribution in [2.75, 3.05) is 20.3 Å². The molecule has 1 aliphatic rings. The highest BCUT2D eigenvalue weighted by Gasteiger charge is 2.70. The van der Waals surface area contributed by atoms with Crippen LogP contribution in [0.4, 0.5) is 4.39 Å². The Kier molecular flexibility index (Phi) is 4.70. The van der Waals surface area contributed by atoms with Crippen LogP contribution in [0.3, 0.4) is 0 Å². The summed E-state index contributed by atoms with van der Waals surface area (Å²) in [6.45, 7) is 2.26. The van der Waals surface area contributed by atoms with Crippen molar-refractivity contribution in [2.45, 2.75) is 23.0 Å². The summed E-state index contributed by atoms with van der Waals surface area (Å²) in [6, 6.07) is 12.8. The molecule has 0 amide bonds. The van der Waals surface area contributed by atoms with E-state index in [1.807, 2.05) is 6.92 Å². The maximum Gasteiger partial charge on any atom is 0.182 e. The Bertz CT molecular complexity index is 866. The lowest BCUT2D eigenvalue weighted by atomic mass is 10.00. The van der Waals surface area contributed by atoms with Crippen LogP contribution in [0.25, 0.3) is 0 Å². The third-order valence-corrected chi connectivity index (χ3v) is 7.40. The molecule has 0 spiro atoms. The van der Waals surface area contributed by atoms with Crippen molar-refractivity contribution in [3.63, 3.8) is 0 Å². The molecule has 0 radical (unpaired) electrons. The Morgan fingerprint density at radius 2 is 1.88 bits per heavy atom. The molecular formula is C19H22FNO3S. The SMILES string of the molecule is COC[C@]1(CN)[C@H](c2cccc(F)c2)[C@@H]1S(=O)(=O)c1ccc(C)cc1. The van der Waals surface area contributed by atoms with Gasteiger partial charge in [-0.3, -0.25) is 0 Å². The van der Waals surface area contributed by atoms with Crippen LogP contribution in [0, 0.1) is 18.2 Å². The fourth-order valence-electron chi connectivity index (χ4n) is 3.77. The first-order chi connectivity index (χ1) is 11.9. The summed E-state index contributed by atoms with van der Waals surface area (Å²) in [5.74, 6) is -0.779. The largest absolute Gasteiger partial charge is 0.384 e. The monoisotopic (exact) mass is 363 g/mol. The maximum absolute atomic E-state index is 13.7. The number of benzene rings is 2. The molecule has 0 bridgehead atoms. The van der Waals surface area contributed by atoms with E-state index in [0.717, 1.165) is 5.56 Å². The summed E-state index contributed by atoms with van der Waals surface area (Å²) in [5, 5.41) is -0.727. The molecule has 1 aliphatic carbocycles. The van der Waals surface area contributed by atoms with E-state index in [1.54, 1.807) is 36.4 Å². The van der Waals surface area contributed by atoms with Gasteiger partial charge in [0.2, 0.25) is 0 Å². The van der Waals surface area contributed by atoms with Gasteiger partial charge < -0.3 is 10.5 Å². The molecule has 3 rings (SSSR count). The minimum Gasteiger partial charge on any atom is -0.384 e. The average molecular weight is 363 g/mol. The smallest absolute Gasteiger partial charge is 0.182 e. The summed E-state index contributed by atoms with van der Waals surface area (Å²) in [6.07, 6.45) is 0. The first-order valence-corrected chi connectivity index (χ1v) is 9.66. The molecule has 1 fully saturated rings. The molecule has 3 atom stereocenters. The van der Waals surface area contributed by atoms with Crippen LogP contribution in [0.1, 0.15) is 17.0 Å². The third-order valence-electron chi connectivity index (χ3n) is 5.06. The number of hydrogen-bond acceptors (Lipinski definition) is 4. The van der Waals surface area contributed by atoms with Crippen molar-refractivity contribution in [3.8, 4) is 0 Å². The molecule has 0 saturated heterocycles. The highest BCUT2D eigenvalue weighted by atomic mass is 32.2. The van der Waals surface area contributed by atoms with Gasteiger partial charge in [0.1, 0.15) is 5.82 Å². The van der Waals surface area contributed by atoms with Gasteiger partial charge in [0.25, 0.3) is 0 Å². The minimum atomic E-state index is -3.62. The molecular weight excluding hydrogens is 341 g/mol. The van der Waals surface area contributed by atoms with Crippen LogP contribution >= 0.6 is 0 Å². The van der Waals surface area contributed by atoms with Gasteiger partial charge in [0, 0.05) is 25.0 Å². The van der Waals surface area contributed by atoms with E-state index in [-0.39, 0.29) is 29.8 Å². The number of sulfone groups is 1. The van der Waals surface area contributed by atoms with Gasteiger partial charge in [-0.1, -0.05) is 29.8 Å². The second kappa shape index (κ2) is 6.52. The van der Waals surface area contributed by atoms with E-state index >= 15 is 0 Å². The highest BCUT2D eigenvalue weighted by Crippen LogP contribution is 2.63. The molecule has 0 aliphatic heterocycles. The van der Waals surface area contributed by atoms with Crippen molar-refractivity contribution in [1.82, 2.24) is 0 Å². The van der Waals surface area contributed by atoms with Gasteiger partial charge in [0.15, 0.2) is 9.84 Å². The van der Waals surface area contributed by atoms with Crippen molar-refractivity contribution in [1.29, 1.82) is 0 Å². The number of ether oxygens (including phenoxy) is 1. The van der Waals surface area contributed by atoms with Gasteiger partial charge >= 0.3 is 0 Å². The molecule has 0 unspecified atom stereocenters. The first kappa shape index (κ1) is 18.0. The molecule has 0 heterocycles. The molecule has 25 heavy (non-hydrogen) atoms. The standard InChI is InChI=1S/C19H22FNO3S/c1-13-6-8-16(9-7-13)25(22,23)18-17(19(18,11-21)12-24-2)14-4-3-5-15(20)10-14/h3-10,17-18H,11-12,21H2,1-2H3/t17-,18+,19-/m1/s1. The summed E-state index contributed by atoms with van der Waals surface area (Å²) in [4.78, 5) is 0.260. The summed E-state index contributed by atoms with van der Waals surface area (Å²) < 4.78 is 45.4. The van der Waals surface area contributed by atoms with Crippen molar-refractivity contribution >= 4 is 9.84 Å². The van der Waals surface area contributed by atoms with Gasteiger partial charge in [-0.15, -0.1) is 0 Å². The Hall–Kier alpha value is -1.76. The van der Waals surface area contributed by atoms with Crippen molar-refractivity contribution < 1.29 is 17.5 Å². The van der Waals surface area contributed by atoms with Gasteiger partial charge in [-0.05, 0) is 36.8 Å². The van der Waals surface area contributed by atoms with Crippen LogP contribution in [0.2, 0.25) is 0 Å². The van der Waals surface area contributed by atoms with Gasteiger partial charge in [-0.25, -0.2) is 12.8 Å². The predicted octanol–water partition coefficient (Wildman–Crippen LogP) is 2.67. The van der Waals surface area contributed by atoms with Gasteiger partial charge in [-0.2, -0.15) is 0 Å². The number of nitrogens with two attached hydrogens (primary N) is 1. The lowest BCUT2D eigenvalue weighted by molar-refractivity contribution is 0.142. The molecule has 0 aromatic heterocycles. The molecule has 6 heteroatoms. The summed E-state index contributed by atoms with van der Waals surface area (Å²) in [7, 11) is -2.10. The van der Waals surface area contributed by atoms with E-state index in [2.05, 4.69) is 0 Å². The van der Waals surface area contributed by atoms with E-state index in [0.29, 0.717) is 5.56 Å². The molecule has 4 nitrogen and oxygen atoms in total. The summed E-state index contributed by atoms with van der Waals surface area (Å²) in [5.41, 5.74) is 6.85. The molecule has 134 valence electrons. The summed E-state index contributed by atoms with van der Waals surface area (Å²) >= 11 is 0. The Labute approximate surface area is 147 Å². The fraction of sp³-hybridized carbons (Fsp3) is 0.368. The Morgan fingerprint density at radius 3 is 2.44 bits per heavy atom. The number of methoxy groups -OCH3 is 1. The maximum atomic E-state index is 13.7. The minimum absolute atomic E-state index is 0.151. The van der Waals surface area contributed by atoms with Crippen LogP contribution < -0.4 is 5.73 Å². The fourth-order valence-corrected chi connectivity index (χ4v) is 6.21. The van der Waals surface area contributed by atoms with Crippen molar-refractivity contribution in [3.05, 3.63) is 65.5 Å². The molecule has 1 saturated carbocycles. The van der Waals surface area contributed by atoms with Gasteiger partial charge in [0.05, 0.1) is 16.8 Å². The third kappa shape index (κ3) is 2.99. The van der Waals surface area contributed by atoms with Crippen molar-refractivity contribution in [2.24, 2.45) is 11.1 Å². The predicted molar refractivity (Wildman–Crippen MR) is 94.7 cm³/mol. The number of rotatable bonds is 6. The molecule has 2 N–H and O–H groups in total. The highest BCUT2D eigenvalue weighted by molar-refractivity contribution is 7.92. The topological polar surface area (TPSA) is 69.4 Å². The lowest BCUT2D eigenvalue weighted by Gasteiger charge is -2.15. The van der Waals surface area contributed by atoms with Crippen LogP contribution in [-0.4, -0.2) is 33.9 Å². The lowest BCUT2D eigenvalue weighted by Crippen LogP contribution is -2.28. The first-order valence-electron chi connectivity index (χ1n) is 8.12. The van der Waals surface area contributed by atoms with E-state index < -0.39 is 20.5 Å². The normalized spacial score (nSPS) is 25.8. The van der Waals surface area contributed by atoms with Crippen LogP contribution in [-0.2, 0) is 14.6 Å². The van der Waals surface area contributed by atoms with Crippen LogP contribution in [0.15, 0.2) is 53.4 Å². The number of halogens is 1. The zero-order valence-electron chi connectivity index (χ0n) is 14.3. The van der Waals surface area contributed by atoms with Crippen LogP contribution in [0.5, 0.6) is 0 Å². The van der Waals surface area contributed by atoms with E-state index in [4.69, 9.17) is 10.5 Å². The molecule has 2 aromatic carbocycles. The zero-order valence-corrected chi connectivity index (χ0v) is 15.1.